The maximum atomic E-state index is 10.8. The van der Waals surface area contributed by atoms with E-state index >= 15 is 0 Å². The second-order valence-electron chi connectivity index (χ2n) is 3.10. The van der Waals surface area contributed by atoms with Gasteiger partial charge < -0.3 is 5.11 Å². The first-order chi connectivity index (χ1) is 7.45. The fourth-order valence-electron chi connectivity index (χ4n) is 1.03. The van der Waals surface area contributed by atoms with Crippen LogP contribution in [0.25, 0.3) is 0 Å². The van der Waals surface area contributed by atoms with E-state index in [2.05, 4.69) is 9.97 Å². The molecule has 0 spiro atoms. The molecule has 0 bridgehead atoms. The Bertz CT molecular complexity index is 416. The van der Waals surface area contributed by atoms with Gasteiger partial charge in [0.1, 0.15) is 5.69 Å². The van der Waals surface area contributed by atoms with E-state index < -0.39 is 4.92 Å². The second-order valence-corrected chi connectivity index (χ2v) is 4.87. The SMILES string of the molecule is Cc1nc(Cl)nc(SC(C)CO)c1[N+](=O)[O-]. The lowest BCUT2D eigenvalue weighted by Gasteiger charge is -2.08. The smallest absolute Gasteiger partial charge is 0.322 e. The number of rotatable bonds is 4. The maximum Gasteiger partial charge on any atom is 0.322 e. The standard InChI is InChI=1S/C8H10ClN3O3S/c1-4(3-13)16-7-6(12(14)15)5(2)10-8(9)11-7/h4,13H,3H2,1-2H3. The van der Waals surface area contributed by atoms with Gasteiger partial charge in [-0.25, -0.2) is 9.97 Å². The Morgan fingerprint density at radius 2 is 2.25 bits per heavy atom. The van der Waals surface area contributed by atoms with E-state index in [4.69, 9.17) is 16.7 Å². The summed E-state index contributed by atoms with van der Waals surface area (Å²) in [5.41, 5.74) is 0.0624. The molecule has 16 heavy (non-hydrogen) atoms. The molecule has 1 unspecified atom stereocenters. The first-order valence-electron chi connectivity index (χ1n) is 4.41. The highest BCUT2D eigenvalue weighted by Crippen LogP contribution is 2.32. The summed E-state index contributed by atoms with van der Waals surface area (Å²) in [6, 6.07) is 0. The molecule has 1 rings (SSSR count). The molecule has 0 radical (unpaired) electrons. The fraction of sp³-hybridized carbons (Fsp3) is 0.500. The molecule has 1 N–H and O–H groups in total. The maximum absolute atomic E-state index is 10.8. The van der Waals surface area contributed by atoms with Crippen LogP contribution in [-0.2, 0) is 0 Å². The van der Waals surface area contributed by atoms with Gasteiger partial charge in [-0.1, -0.05) is 18.7 Å². The van der Waals surface area contributed by atoms with Gasteiger partial charge in [-0.2, -0.15) is 0 Å². The Morgan fingerprint density at radius 3 is 2.75 bits per heavy atom. The molecule has 0 fully saturated rings. The molecule has 88 valence electrons. The first-order valence-corrected chi connectivity index (χ1v) is 5.67. The predicted octanol–water partition coefficient (Wildman–Crippen LogP) is 1.82. The van der Waals surface area contributed by atoms with Gasteiger partial charge in [-0.15, -0.1) is 0 Å². The van der Waals surface area contributed by atoms with Gasteiger partial charge in [0.25, 0.3) is 0 Å². The fourth-order valence-corrected chi connectivity index (χ4v) is 2.22. The molecule has 8 heteroatoms. The number of hydrogen-bond acceptors (Lipinski definition) is 6. The van der Waals surface area contributed by atoms with Crippen LogP contribution >= 0.6 is 23.4 Å². The zero-order valence-electron chi connectivity index (χ0n) is 8.68. The molecule has 1 aromatic rings. The molecule has 0 saturated heterocycles. The normalized spacial score (nSPS) is 12.5. The van der Waals surface area contributed by atoms with E-state index in [0.717, 1.165) is 11.8 Å². The summed E-state index contributed by atoms with van der Waals surface area (Å²) in [6.45, 7) is 3.14. The Hall–Kier alpha value is -0.920. The lowest BCUT2D eigenvalue weighted by Crippen LogP contribution is -2.06. The van der Waals surface area contributed by atoms with Crippen LogP contribution in [0.4, 0.5) is 5.69 Å². The molecular formula is C8H10ClN3O3S. The Morgan fingerprint density at radius 1 is 1.62 bits per heavy atom. The van der Waals surface area contributed by atoms with Gasteiger partial charge in [-0.05, 0) is 18.5 Å². The lowest BCUT2D eigenvalue weighted by molar-refractivity contribution is -0.389. The van der Waals surface area contributed by atoms with Crippen molar-refractivity contribution in [1.82, 2.24) is 9.97 Å². The third-order valence-electron chi connectivity index (χ3n) is 1.75. The monoisotopic (exact) mass is 263 g/mol. The summed E-state index contributed by atoms with van der Waals surface area (Å²) >= 11 is 6.73. The molecule has 0 aromatic carbocycles. The van der Waals surface area contributed by atoms with E-state index in [9.17, 15) is 10.1 Å². The summed E-state index contributed by atoms with van der Waals surface area (Å²) in [7, 11) is 0. The molecule has 0 aliphatic carbocycles. The summed E-state index contributed by atoms with van der Waals surface area (Å²) in [5.74, 6) is 0. The average Bonchev–Trinajstić information content (AvgIpc) is 2.15. The summed E-state index contributed by atoms with van der Waals surface area (Å²) in [4.78, 5) is 17.8. The molecular weight excluding hydrogens is 254 g/mol. The van der Waals surface area contributed by atoms with Crippen LogP contribution in [0.1, 0.15) is 12.6 Å². The van der Waals surface area contributed by atoms with Gasteiger partial charge >= 0.3 is 5.69 Å². The lowest BCUT2D eigenvalue weighted by atomic mass is 10.4. The van der Waals surface area contributed by atoms with E-state index in [1.807, 2.05) is 0 Å². The zero-order chi connectivity index (χ0) is 12.3. The molecule has 0 amide bonds. The first kappa shape index (κ1) is 13.1. The van der Waals surface area contributed by atoms with Crippen LogP contribution in [0.2, 0.25) is 5.28 Å². The molecule has 0 saturated carbocycles. The van der Waals surface area contributed by atoms with Crippen molar-refractivity contribution >= 4 is 29.1 Å². The van der Waals surface area contributed by atoms with Crippen molar-refractivity contribution in [3.8, 4) is 0 Å². The van der Waals surface area contributed by atoms with Gasteiger partial charge in [0.2, 0.25) is 5.28 Å². The minimum Gasteiger partial charge on any atom is -0.395 e. The molecule has 1 atom stereocenters. The molecule has 1 heterocycles. The van der Waals surface area contributed by atoms with Crippen molar-refractivity contribution in [2.24, 2.45) is 0 Å². The minimum absolute atomic E-state index is 0.0317. The van der Waals surface area contributed by atoms with Gasteiger partial charge in [0.15, 0.2) is 5.03 Å². The van der Waals surface area contributed by atoms with Crippen molar-refractivity contribution in [3.63, 3.8) is 0 Å². The van der Waals surface area contributed by atoms with Crippen LogP contribution in [-0.4, -0.2) is 31.9 Å². The quantitative estimate of drug-likeness (QED) is 0.293. The second kappa shape index (κ2) is 5.42. The summed E-state index contributed by atoms with van der Waals surface area (Å²) in [6.07, 6.45) is 0. The Kier molecular flexibility index (Phi) is 4.45. The zero-order valence-corrected chi connectivity index (χ0v) is 10.2. The number of aliphatic hydroxyl groups is 1. The van der Waals surface area contributed by atoms with Crippen molar-refractivity contribution < 1.29 is 10.0 Å². The molecule has 0 aliphatic rings. The number of nitro groups is 1. The number of thioether (sulfide) groups is 1. The van der Waals surface area contributed by atoms with Gasteiger partial charge in [0.05, 0.1) is 11.5 Å². The van der Waals surface area contributed by atoms with Crippen molar-refractivity contribution in [2.75, 3.05) is 6.61 Å². The number of nitrogens with zero attached hydrogens (tertiary/aromatic N) is 3. The van der Waals surface area contributed by atoms with Crippen LogP contribution in [0.3, 0.4) is 0 Å². The molecule has 6 nitrogen and oxygen atoms in total. The summed E-state index contributed by atoms with van der Waals surface area (Å²) in [5, 5.41) is 19.7. The van der Waals surface area contributed by atoms with Crippen LogP contribution in [0, 0.1) is 17.0 Å². The highest BCUT2D eigenvalue weighted by Gasteiger charge is 2.23. The topological polar surface area (TPSA) is 89.2 Å². The van der Waals surface area contributed by atoms with Gasteiger partial charge in [-0.3, -0.25) is 10.1 Å². The third kappa shape index (κ3) is 3.03. The number of hydrogen-bond donors (Lipinski definition) is 1. The number of aliphatic hydroxyl groups excluding tert-OH is 1. The van der Waals surface area contributed by atoms with E-state index in [0.29, 0.717) is 0 Å². The van der Waals surface area contributed by atoms with Gasteiger partial charge in [0, 0.05) is 5.25 Å². The highest BCUT2D eigenvalue weighted by molar-refractivity contribution is 8.00. The molecule has 0 aliphatic heterocycles. The van der Waals surface area contributed by atoms with E-state index in [1.165, 1.54) is 6.92 Å². The predicted molar refractivity (Wildman–Crippen MR) is 60.8 cm³/mol. The number of aromatic nitrogens is 2. The van der Waals surface area contributed by atoms with Crippen LogP contribution < -0.4 is 0 Å². The highest BCUT2D eigenvalue weighted by atomic mass is 35.5. The van der Waals surface area contributed by atoms with Crippen molar-refractivity contribution in [1.29, 1.82) is 0 Å². The van der Waals surface area contributed by atoms with E-state index in [-0.39, 0.29) is 33.5 Å². The van der Waals surface area contributed by atoms with Crippen molar-refractivity contribution in [2.45, 2.75) is 24.1 Å². The van der Waals surface area contributed by atoms with E-state index in [1.54, 1.807) is 6.92 Å². The Labute approximate surface area is 101 Å². The minimum atomic E-state index is -0.544. The summed E-state index contributed by atoms with van der Waals surface area (Å²) < 4.78 is 0. The molecule has 1 aromatic heterocycles. The largest absolute Gasteiger partial charge is 0.395 e. The Balaban J connectivity index is 3.19. The van der Waals surface area contributed by atoms with Crippen LogP contribution in [0.15, 0.2) is 5.03 Å². The van der Waals surface area contributed by atoms with Crippen molar-refractivity contribution in [3.05, 3.63) is 21.1 Å². The van der Waals surface area contributed by atoms with Crippen LogP contribution in [0.5, 0.6) is 0 Å². The number of aryl methyl sites for hydroxylation is 1. The number of halogens is 1. The average molecular weight is 264 g/mol. The third-order valence-corrected chi connectivity index (χ3v) is 2.98.